The molecule has 0 rings (SSSR count). The molecule has 0 radical (unpaired) electrons. The summed E-state index contributed by atoms with van der Waals surface area (Å²) in [5, 5.41) is 0. The van der Waals surface area contributed by atoms with Gasteiger partial charge in [0, 0.05) is 0 Å². The summed E-state index contributed by atoms with van der Waals surface area (Å²) in [6.07, 6.45) is 0. The maximum absolute atomic E-state index is 3.62. The van der Waals surface area contributed by atoms with Gasteiger partial charge in [-0.2, -0.15) is 0 Å². The van der Waals surface area contributed by atoms with E-state index < -0.39 is 0 Å². The molecule has 0 unspecified atom stereocenters. The number of hydrogen-bond donors (Lipinski definition) is 0. The summed E-state index contributed by atoms with van der Waals surface area (Å²) in [7, 11) is 0. The van der Waals surface area contributed by atoms with Crippen molar-refractivity contribution in [1.29, 1.82) is 0 Å². The Hall–Kier alpha value is 1.70. The van der Waals surface area contributed by atoms with Gasteiger partial charge in [-0.1, -0.05) is 0 Å². The molecule has 0 atom stereocenters. The van der Waals surface area contributed by atoms with Crippen molar-refractivity contribution >= 4 is 0 Å². The Labute approximate surface area is 77.9 Å². The van der Waals surface area contributed by atoms with Crippen LogP contribution < -0.4 is 24.8 Å². The molecule has 0 fully saturated rings. The largest absolute Gasteiger partial charge is 1.00 e. The van der Waals surface area contributed by atoms with E-state index >= 15 is 0 Å². The van der Waals surface area contributed by atoms with Gasteiger partial charge in [-0.15, -0.1) is 0 Å². The van der Waals surface area contributed by atoms with Gasteiger partial charge in [0.2, 0.25) is 0 Å². The minimum atomic E-state index is 0. The van der Waals surface area contributed by atoms with E-state index in [-0.39, 0.29) is 24.8 Å². The molecule has 0 aliphatic rings. The van der Waals surface area contributed by atoms with Crippen molar-refractivity contribution in [3.63, 3.8) is 0 Å². The van der Waals surface area contributed by atoms with Crippen LogP contribution >= 0.6 is 0 Å². The summed E-state index contributed by atoms with van der Waals surface area (Å²) in [6.45, 7) is 5.65. The van der Waals surface area contributed by atoms with Gasteiger partial charge in [-0.05, 0) is 0 Å². The summed E-state index contributed by atoms with van der Waals surface area (Å²) in [5.74, 6) is 0. The van der Waals surface area contributed by atoms with Crippen LogP contribution in [0.2, 0.25) is 0 Å². The first-order valence-corrected chi connectivity index (χ1v) is 2.67. The molecule has 0 aliphatic carbocycles. The third-order valence-electron chi connectivity index (χ3n) is 0. The number of allylic oxidation sites excluding steroid dienone is 1. The minimum Gasteiger partial charge on any atom is -1.00 e. The molecule has 0 aromatic carbocycles. The molecule has 6 heavy (non-hydrogen) atoms. The van der Waals surface area contributed by atoms with Crippen LogP contribution in [0.4, 0.5) is 0 Å². The molecular weight excluding hydrogens is 247 g/mol. The molecule has 0 amide bonds. The molecule has 0 spiro atoms. The van der Waals surface area contributed by atoms with Gasteiger partial charge in [-0.25, -0.2) is 0 Å². The van der Waals surface area contributed by atoms with Crippen molar-refractivity contribution in [2.24, 2.45) is 0 Å². The van der Waals surface area contributed by atoms with E-state index in [4.69, 9.17) is 0 Å². The molecule has 35 valence electrons. The Morgan fingerprint density at radius 1 is 1.50 bits per heavy atom. The Bertz CT molecular complexity index is 31.8. The Morgan fingerprint density at radius 3 is 1.50 bits per heavy atom. The van der Waals surface area contributed by atoms with E-state index in [1.54, 1.807) is 0 Å². The number of hydrogen-bond acceptors (Lipinski definition) is 0. The van der Waals surface area contributed by atoms with Crippen molar-refractivity contribution in [2.45, 2.75) is 6.92 Å². The standard InChI is InChI=1S/C3H5.Ce.2ClH/c1-3-2;;;/h1H2,2H3;;2*1H/q;+2;;/p-2. The summed E-state index contributed by atoms with van der Waals surface area (Å²) in [4.78, 5) is 0. The van der Waals surface area contributed by atoms with Gasteiger partial charge in [-0.3, -0.25) is 0 Å². The molecule has 0 aliphatic heterocycles. The average molecular weight is 252 g/mol. The topological polar surface area (TPSA) is 0 Å². The fourth-order valence-corrected chi connectivity index (χ4v) is 0. The molecule has 0 aromatic heterocycles. The predicted octanol–water partition coefficient (Wildman–Crippen LogP) is -4.92. The van der Waals surface area contributed by atoms with Crippen molar-refractivity contribution in [3.8, 4) is 0 Å². The second-order valence-corrected chi connectivity index (χ2v) is 3.46. The van der Waals surface area contributed by atoms with Gasteiger partial charge in [0.05, 0.1) is 0 Å². The third kappa shape index (κ3) is 43.7. The number of rotatable bonds is 0. The maximum Gasteiger partial charge on any atom is -1.00 e. The van der Waals surface area contributed by atoms with Crippen molar-refractivity contribution in [2.75, 3.05) is 0 Å². The second kappa shape index (κ2) is 9.85. The zero-order chi connectivity index (χ0) is 3.58. The van der Waals surface area contributed by atoms with Crippen LogP contribution in [-0.2, 0) is 0 Å². The van der Waals surface area contributed by atoms with E-state index in [1.165, 1.54) is 1.09 Å². The molecule has 0 saturated carbocycles. The molecule has 0 heterocycles. The van der Waals surface area contributed by atoms with Gasteiger partial charge >= 0.3 is 54.2 Å². The minimum absolute atomic E-state index is 0. The summed E-state index contributed by atoms with van der Waals surface area (Å²) in [5.41, 5.74) is 0. The van der Waals surface area contributed by atoms with E-state index in [0.717, 1.165) is 39.6 Å². The second-order valence-electron chi connectivity index (χ2n) is 0.780. The smallest absolute Gasteiger partial charge is 1.00 e. The summed E-state index contributed by atoms with van der Waals surface area (Å²) in [6, 6.07) is 0. The third-order valence-corrected chi connectivity index (χ3v) is 0. The maximum atomic E-state index is 3.62. The SMILES string of the molecule is C=[C](C)[Ce+2].[Cl-].[Cl-]. The Morgan fingerprint density at radius 2 is 1.50 bits per heavy atom. The van der Waals surface area contributed by atoms with Gasteiger partial charge in [0.25, 0.3) is 0 Å². The van der Waals surface area contributed by atoms with Crippen LogP contribution in [0.25, 0.3) is 0 Å². The first-order chi connectivity index (χ1) is 1.73. The molecule has 0 saturated heterocycles. The molecule has 0 bridgehead atoms. The van der Waals surface area contributed by atoms with Crippen molar-refractivity contribution in [3.05, 3.63) is 7.67 Å². The van der Waals surface area contributed by atoms with Crippen LogP contribution in [0.1, 0.15) is 6.92 Å². The van der Waals surface area contributed by atoms with Gasteiger partial charge < -0.3 is 24.8 Å². The van der Waals surface area contributed by atoms with Crippen molar-refractivity contribution < 1.29 is 64.5 Å². The zero-order valence-corrected chi connectivity index (χ0v) is 8.11. The van der Waals surface area contributed by atoms with E-state index in [0.29, 0.717) is 0 Å². The summed E-state index contributed by atoms with van der Waals surface area (Å²) >= 11 is 1.15. The molecular formula is C3H5CeCl2. The van der Waals surface area contributed by atoms with Crippen LogP contribution in [0.3, 0.4) is 0 Å². The van der Waals surface area contributed by atoms with Crippen molar-refractivity contribution in [1.82, 2.24) is 0 Å². The monoisotopic (exact) mass is 251 g/mol. The van der Waals surface area contributed by atoms with Gasteiger partial charge in [0.15, 0.2) is 0 Å². The number of halogens is 2. The fourth-order valence-electron chi connectivity index (χ4n) is 0. The predicted molar refractivity (Wildman–Crippen MR) is 14.8 cm³/mol. The quantitative estimate of drug-likeness (QED) is 0.405. The summed E-state index contributed by atoms with van der Waals surface area (Å²) < 4.78 is 1.31. The van der Waals surface area contributed by atoms with E-state index in [9.17, 15) is 0 Å². The first kappa shape index (κ1) is 15.6. The molecule has 0 nitrogen and oxygen atoms in total. The molecule has 0 aromatic rings. The van der Waals surface area contributed by atoms with Gasteiger partial charge in [0.1, 0.15) is 0 Å². The molecule has 3 heteroatoms. The zero-order valence-electron chi connectivity index (χ0n) is 3.46. The van der Waals surface area contributed by atoms with Crippen LogP contribution in [-0.4, -0.2) is 0 Å². The Balaban J connectivity index is -0.0000000450. The molecule has 0 N–H and O–H groups in total. The van der Waals surface area contributed by atoms with Crippen LogP contribution in [0.5, 0.6) is 0 Å². The van der Waals surface area contributed by atoms with Crippen LogP contribution in [0.15, 0.2) is 7.67 Å². The normalized spacial score (nSPS) is 4.50. The Kier molecular flexibility index (Phi) is 25.7. The first-order valence-electron chi connectivity index (χ1n) is 1.10. The average Bonchev–Trinajstić information content (AvgIpc) is 0.811. The fraction of sp³-hybridized carbons (Fsp3) is 0.333. The van der Waals surface area contributed by atoms with E-state index in [2.05, 4.69) is 6.58 Å². The van der Waals surface area contributed by atoms with Crippen LogP contribution in [0, 0.1) is 39.6 Å². The van der Waals surface area contributed by atoms with E-state index in [1.807, 2.05) is 6.92 Å².